The van der Waals surface area contributed by atoms with E-state index in [-0.39, 0.29) is 30.3 Å². The Balaban J connectivity index is 0. The van der Waals surface area contributed by atoms with Gasteiger partial charge in [-0.05, 0) is 0 Å². The van der Waals surface area contributed by atoms with E-state index in [1.54, 1.807) is 0 Å². The molecular weight excluding hydrogens is 215 g/mol. The standard InChI is InChI=1S/C7H14N2O.2ClH.H2O/c1-3-10-4-2-9(1)7-5-8-6-7;;;/h7-8H,1-6H2;2*1H;1H2. The maximum Gasteiger partial charge on any atom is 0.0594 e. The molecule has 0 atom stereocenters. The molecule has 0 aromatic rings. The largest absolute Gasteiger partial charge is 0.412 e. The van der Waals surface area contributed by atoms with Crippen LogP contribution in [0.25, 0.3) is 0 Å². The second kappa shape index (κ2) is 7.79. The molecule has 0 unspecified atom stereocenters. The Morgan fingerprint density at radius 2 is 1.62 bits per heavy atom. The van der Waals surface area contributed by atoms with E-state index in [4.69, 9.17) is 4.74 Å². The van der Waals surface area contributed by atoms with Crippen molar-refractivity contribution in [3.63, 3.8) is 0 Å². The third-order valence-electron chi connectivity index (χ3n) is 2.32. The lowest BCUT2D eigenvalue weighted by Crippen LogP contribution is -2.59. The van der Waals surface area contributed by atoms with E-state index in [2.05, 4.69) is 10.2 Å². The minimum absolute atomic E-state index is 0. The number of hydrogen-bond donors (Lipinski definition) is 1. The van der Waals surface area contributed by atoms with Crippen LogP contribution >= 0.6 is 24.8 Å². The third kappa shape index (κ3) is 3.97. The zero-order chi connectivity index (χ0) is 6.81. The van der Waals surface area contributed by atoms with Crippen molar-refractivity contribution < 1.29 is 10.2 Å². The maximum atomic E-state index is 5.26. The van der Waals surface area contributed by atoms with Crippen LogP contribution in [-0.2, 0) is 4.74 Å². The molecule has 2 rings (SSSR count). The van der Waals surface area contributed by atoms with Crippen molar-refractivity contribution in [1.82, 2.24) is 10.2 Å². The third-order valence-corrected chi connectivity index (χ3v) is 2.32. The predicted octanol–water partition coefficient (Wildman–Crippen LogP) is -0.691. The van der Waals surface area contributed by atoms with E-state index in [1.165, 1.54) is 13.1 Å². The highest BCUT2D eigenvalue weighted by Crippen LogP contribution is 2.06. The minimum Gasteiger partial charge on any atom is -0.412 e. The molecule has 0 spiro atoms. The summed E-state index contributed by atoms with van der Waals surface area (Å²) in [7, 11) is 0. The summed E-state index contributed by atoms with van der Waals surface area (Å²) in [5.74, 6) is 0. The van der Waals surface area contributed by atoms with Gasteiger partial charge in [0.1, 0.15) is 0 Å². The van der Waals surface area contributed by atoms with Crippen LogP contribution in [0.3, 0.4) is 0 Å². The van der Waals surface area contributed by atoms with Gasteiger partial charge in [0.25, 0.3) is 0 Å². The highest BCUT2D eigenvalue weighted by molar-refractivity contribution is 5.85. The topological polar surface area (TPSA) is 56.0 Å². The molecule has 2 aliphatic rings. The van der Waals surface area contributed by atoms with Crippen LogP contribution in [0.2, 0.25) is 0 Å². The van der Waals surface area contributed by atoms with Gasteiger partial charge in [0.15, 0.2) is 0 Å². The molecule has 6 heteroatoms. The summed E-state index contributed by atoms with van der Waals surface area (Å²) in [5.41, 5.74) is 0. The van der Waals surface area contributed by atoms with Crippen LogP contribution in [0.5, 0.6) is 0 Å². The van der Waals surface area contributed by atoms with Gasteiger partial charge in [-0.2, -0.15) is 0 Å². The quantitative estimate of drug-likeness (QED) is 0.652. The molecule has 3 N–H and O–H groups in total. The first kappa shape index (κ1) is 15.9. The highest BCUT2D eigenvalue weighted by atomic mass is 35.5. The SMILES string of the molecule is C1CN(C2CNC2)CCO1.Cl.Cl.O. The summed E-state index contributed by atoms with van der Waals surface area (Å²) < 4.78 is 5.26. The summed E-state index contributed by atoms with van der Waals surface area (Å²) in [5, 5.41) is 3.28. The first-order valence-corrected chi connectivity index (χ1v) is 3.99. The van der Waals surface area contributed by atoms with E-state index in [1.807, 2.05) is 0 Å². The van der Waals surface area contributed by atoms with Crippen LogP contribution in [-0.4, -0.2) is 55.8 Å². The zero-order valence-electron chi connectivity index (χ0n) is 7.49. The Hall–Kier alpha value is 0.420. The van der Waals surface area contributed by atoms with E-state index < -0.39 is 0 Å². The Morgan fingerprint density at radius 3 is 2.00 bits per heavy atom. The zero-order valence-corrected chi connectivity index (χ0v) is 9.12. The summed E-state index contributed by atoms with van der Waals surface area (Å²) >= 11 is 0. The summed E-state index contributed by atoms with van der Waals surface area (Å²) in [6, 6.07) is 0.809. The van der Waals surface area contributed by atoms with Crippen molar-refractivity contribution in [2.45, 2.75) is 6.04 Å². The lowest BCUT2D eigenvalue weighted by atomic mass is 10.1. The van der Waals surface area contributed by atoms with E-state index in [9.17, 15) is 0 Å². The smallest absolute Gasteiger partial charge is 0.0594 e. The summed E-state index contributed by atoms with van der Waals surface area (Å²) in [4.78, 5) is 2.51. The van der Waals surface area contributed by atoms with Crippen molar-refractivity contribution in [2.24, 2.45) is 0 Å². The number of nitrogens with one attached hydrogen (secondary N) is 1. The van der Waals surface area contributed by atoms with Gasteiger partial charge in [-0.25, -0.2) is 0 Å². The maximum absolute atomic E-state index is 5.26. The fourth-order valence-corrected chi connectivity index (χ4v) is 1.47. The van der Waals surface area contributed by atoms with Crippen molar-refractivity contribution in [2.75, 3.05) is 39.4 Å². The second-order valence-corrected chi connectivity index (χ2v) is 2.96. The normalized spacial score (nSPS) is 23.1. The van der Waals surface area contributed by atoms with Gasteiger partial charge in [-0.1, -0.05) is 0 Å². The lowest BCUT2D eigenvalue weighted by Gasteiger charge is -2.40. The van der Waals surface area contributed by atoms with Gasteiger partial charge in [-0.15, -0.1) is 24.8 Å². The molecular formula is C7H18Cl2N2O2. The monoisotopic (exact) mass is 232 g/mol. The van der Waals surface area contributed by atoms with E-state index in [0.717, 1.165) is 32.3 Å². The number of hydrogen-bond acceptors (Lipinski definition) is 3. The first-order chi connectivity index (χ1) is 4.97. The van der Waals surface area contributed by atoms with Gasteiger partial charge in [0, 0.05) is 32.2 Å². The Labute approximate surface area is 91.1 Å². The molecule has 0 amide bonds. The fraction of sp³-hybridized carbons (Fsp3) is 1.00. The summed E-state index contributed by atoms with van der Waals surface area (Å²) in [6.07, 6.45) is 0. The highest BCUT2D eigenvalue weighted by Gasteiger charge is 2.25. The fourth-order valence-electron chi connectivity index (χ4n) is 1.47. The summed E-state index contributed by atoms with van der Waals surface area (Å²) in [6.45, 7) is 6.48. The second-order valence-electron chi connectivity index (χ2n) is 2.96. The molecule has 0 aromatic carbocycles. The van der Waals surface area contributed by atoms with Crippen LogP contribution in [0.15, 0.2) is 0 Å². The van der Waals surface area contributed by atoms with Crippen molar-refractivity contribution in [1.29, 1.82) is 0 Å². The molecule has 2 saturated heterocycles. The number of rotatable bonds is 1. The van der Waals surface area contributed by atoms with Crippen molar-refractivity contribution in [3.8, 4) is 0 Å². The average molecular weight is 233 g/mol. The molecule has 2 aliphatic heterocycles. The van der Waals surface area contributed by atoms with Gasteiger partial charge >= 0.3 is 0 Å². The van der Waals surface area contributed by atoms with Crippen LogP contribution < -0.4 is 5.32 Å². The van der Waals surface area contributed by atoms with Gasteiger partial charge < -0.3 is 15.5 Å². The molecule has 0 radical (unpaired) electrons. The molecule has 0 aliphatic carbocycles. The van der Waals surface area contributed by atoms with Crippen LogP contribution in [0, 0.1) is 0 Å². The molecule has 0 bridgehead atoms. The Kier molecular flexibility index (Phi) is 9.51. The van der Waals surface area contributed by atoms with E-state index >= 15 is 0 Å². The minimum atomic E-state index is 0. The average Bonchev–Trinajstić information content (AvgIpc) is 1.86. The lowest BCUT2D eigenvalue weighted by molar-refractivity contribution is 0.00509. The molecule has 82 valence electrons. The van der Waals surface area contributed by atoms with Crippen molar-refractivity contribution in [3.05, 3.63) is 0 Å². The molecule has 4 nitrogen and oxygen atoms in total. The van der Waals surface area contributed by atoms with E-state index in [0.29, 0.717) is 0 Å². The first-order valence-electron chi connectivity index (χ1n) is 3.99. The number of halogens is 2. The number of ether oxygens (including phenoxy) is 1. The predicted molar refractivity (Wildman–Crippen MR) is 57.2 cm³/mol. The van der Waals surface area contributed by atoms with Gasteiger partial charge in [0.2, 0.25) is 0 Å². The molecule has 13 heavy (non-hydrogen) atoms. The molecule has 0 saturated carbocycles. The molecule has 2 fully saturated rings. The molecule has 2 heterocycles. The van der Waals surface area contributed by atoms with Gasteiger partial charge in [0.05, 0.1) is 13.2 Å². The van der Waals surface area contributed by atoms with Crippen molar-refractivity contribution >= 4 is 24.8 Å². The Morgan fingerprint density at radius 1 is 1.08 bits per heavy atom. The number of morpholine rings is 1. The van der Waals surface area contributed by atoms with Gasteiger partial charge in [-0.3, -0.25) is 4.90 Å². The van der Waals surface area contributed by atoms with Crippen LogP contribution in [0.4, 0.5) is 0 Å². The number of nitrogens with zero attached hydrogens (tertiary/aromatic N) is 1. The Bertz CT molecular complexity index is 119. The van der Waals surface area contributed by atoms with Crippen LogP contribution in [0.1, 0.15) is 0 Å². The molecule has 0 aromatic heterocycles.